The first-order valence-corrected chi connectivity index (χ1v) is 11.8. The van der Waals surface area contributed by atoms with Gasteiger partial charge in [-0.05, 0) is 37.5 Å². The molecule has 0 saturated carbocycles. The largest absolute Gasteiger partial charge is 0.479 e. The number of benzene rings is 3. The number of aliphatic carboxylic acids is 1. The highest BCUT2D eigenvalue weighted by molar-refractivity contribution is 7.80. The molecule has 1 N–H and O–H groups in total. The van der Waals surface area contributed by atoms with Crippen LogP contribution in [-0.2, 0) is 19.9 Å². The van der Waals surface area contributed by atoms with E-state index >= 15 is 0 Å². The van der Waals surface area contributed by atoms with Crippen LogP contribution in [0.1, 0.15) is 37.5 Å². The van der Waals surface area contributed by atoms with Gasteiger partial charge >= 0.3 is 12.1 Å². The minimum absolute atomic E-state index is 0.260. The van der Waals surface area contributed by atoms with Gasteiger partial charge in [0, 0.05) is 5.75 Å². The maximum absolute atomic E-state index is 14.0. The maximum Gasteiger partial charge on any atom is 0.412 e. The van der Waals surface area contributed by atoms with Crippen molar-refractivity contribution in [3.63, 3.8) is 0 Å². The number of carbonyl (C=O) groups excluding carboxylic acids is 2. The fourth-order valence-corrected chi connectivity index (χ4v) is 4.56. The number of hydrogen-bond donors (Lipinski definition) is 2. The molecule has 0 spiro atoms. The quantitative estimate of drug-likeness (QED) is 0.197. The van der Waals surface area contributed by atoms with Gasteiger partial charge in [-0.25, -0.2) is 9.59 Å². The molecular formula is C28H29NO5S. The topological polar surface area (TPSA) is 83.9 Å². The van der Waals surface area contributed by atoms with Crippen LogP contribution >= 0.6 is 12.6 Å². The number of hydrogen-bond acceptors (Lipinski definition) is 5. The van der Waals surface area contributed by atoms with Crippen LogP contribution in [0.4, 0.5) is 4.79 Å². The Morgan fingerprint density at radius 3 is 1.46 bits per heavy atom. The zero-order chi connectivity index (χ0) is 25.7. The van der Waals surface area contributed by atoms with E-state index in [0.717, 1.165) is 4.90 Å². The third kappa shape index (κ3) is 4.82. The zero-order valence-corrected chi connectivity index (χ0v) is 20.8. The second kappa shape index (κ2) is 10.4. The summed E-state index contributed by atoms with van der Waals surface area (Å²) in [5, 5.41) is 10.4. The normalized spacial score (nSPS) is 13.4. The van der Waals surface area contributed by atoms with Crippen LogP contribution < -0.4 is 0 Å². The summed E-state index contributed by atoms with van der Waals surface area (Å²) in [6, 6.07) is 27.1. The molecule has 1 amide bonds. The molecule has 0 fully saturated rings. The number of thiol groups is 1. The molecule has 3 aromatic carbocycles. The molecule has 0 aromatic heterocycles. The molecule has 0 aliphatic heterocycles. The van der Waals surface area contributed by atoms with Gasteiger partial charge in [0.05, 0.1) is 0 Å². The van der Waals surface area contributed by atoms with Crippen molar-refractivity contribution in [1.82, 2.24) is 4.90 Å². The Bertz CT molecular complexity index is 1070. The van der Waals surface area contributed by atoms with E-state index < -0.39 is 34.5 Å². The maximum atomic E-state index is 14.0. The summed E-state index contributed by atoms with van der Waals surface area (Å²) >= 11 is 4.27. The second-order valence-electron chi connectivity index (χ2n) is 9.13. The smallest absolute Gasteiger partial charge is 0.412 e. The summed E-state index contributed by atoms with van der Waals surface area (Å²) in [5.41, 5.74) is -3.12. The average molecular weight is 492 g/mol. The number of nitrogens with zero attached hydrogens (tertiary/aromatic N) is 1. The lowest BCUT2D eigenvalue weighted by atomic mass is 9.73. The summed E-state index contributed by atoms with van der Waals surface area (Å²) in [6.07, 6.45) is -0.701. The Labute approximate surface area is 211 Å². The fraction of sp³-hybridized carbons (Fsp3) is 0.250. The fourth-order valence-electron chi connectivity index (χ4n) is 4.21. The van der Waals surface area contributed by atoms with E-state index in [1.54, 1.807) is 93.6 Å². The van der Waals surface area contributed by atoms with Crippen LogP contribution in [0, 0.1) is 0 Å². The molecule has 0 heterocycles. The summed E-state index contributed by atoms with van der Waals surface area (Å²) in [7, 11) is 0. The lowest BCUT2D eigenvalue weighted by molar-refractivity contribution is -0.155. The van der Waals surface area contributed by atoms with Crippen LogP contribution in [0.25, 0.3) is 0 Å². The molecule has 35 heavy (non-hydrogen) atoms. The van der Waals surface area contributed by atoms with Gasteiger partial charge in [0.1, 0.15) is 11.1 Å². The van der Waals surface area contributed by atoms with Gasteiger partial charge in [0.2, 0.25) is 5.54 Å². The molecule has 0 saturated heterocycles. The second-order valence-corrected chi connectivity index (χ2v) is 9.45. The highest BCUT2D eigenvalue weighted by Crippen LogP contribution is 2.46. The molecule has 0 aliphatic rings. The third-order valence-corrected chi connectivity index (χ3v) is 6.17. The molecule has 7 heteroatoms. The summed E-state index contributed by atoms with van der Waals surface area (Å²) < 4.78 is 5.76. The summed E-state index contributed by atoms with van der Waals surface area (Å²) in [6.45, 7) is 5.05. The molecule has 3 rings (SSSR count). The Morgan fingerprint density at radius 2 is 1.20 bits per heavy atom. The van der Waals surface area contributed by atoms with E-state index in [0.29, 0.717) is 16.7 Å². The van der Waals surface area contributed by atoms with E-state index in [9.17, 15) is 19.5 Å². The Hall–Kier alpha value is -3.58. The molecule has 1 atom stereocenters. The highest BCUT2D eigenvalue weighted by Gasteiger charge is 2.59. The number of carbonyl (C=O) groups is 3. The Kier molecular flexibility index (Phi) is 7.70. The van der Waals surface area contributed by atoms with Gasteiger partial charge in [-0.3, -0.25) is 4.90 Å². The third-order valence-electron chi connectivity index (χ3n) is 5.69. The van der Waals surface area contributed by atoms with Crippen molar-refractivity contribution >= 4 is 31.0 Å². The van der Waals surface area contributed by atoms with Crippen LogP contribution in [0.2, 0.25) is 0 Å². The van der Waals surface area contributed by atoms with Crippen molar-refractivity contribution in [2.24, 2.45) is 0 Å². The lowest BCUT2D eigenvalue weighted by Crippen LogP contribution is -2.68. The number of rotatable bonds is 8. The Balaban J connectivity index is 2.58. The number of carboxylic acid groups (broad SMARTS) is 1. The molecule has 3 aromatic rings. The standard InChI is InChI=1S/C28H29NO5S/c1-26(2,3)34-25(33)29(27(19-30,20-35)24(31)32)28(21-13-7-4-8-14-21,22-15-9-5-10-16-22)23-17-11-6-12-18-23/h4-19,35H,20H2,1-3H3,(H,31,32). The summed E-state index contributed by atoms with van der Waals surface area (Å²) in [4.78, 5) is 40.6. The number of carboxylic acids is 1. The number of amides is 1. The van der Waals surface area contributed by atoms with Crippen molar-refractivity contribution in [3.8, 4) is 0 Å². The van der Waals surface area contributed by atoms with Gasteiger partial charge in [-0.1, -0.05) is 91.0 Å². The average Bonchev–Trinajstić information content (AvgIpc) is 2.85. The zero-order valence-electron chi connectivity index (χ0n) is 19.9. The van der Waals surface area contributed by atoms with E-state index in [4.69, 9.17) is 4.74 Å². The first-order chi connectivity index (χ1) is 16.6. The summed E-state index contributed by atoms with van der Waals surface area (Å²) in [5.74, 6) is -1.99. The first kappa shape index (κ1) is 26.0. The van der Waals surface area contributed by atoms with Crippen LogP contribution in [-0.4, -0.2) is 45.2 Å². The Morgan fingerprint density at radius 1 is 0.829 bits per heavy atom. The van der Waals surface area contributed by atoms with Crippen LogP contribution in [0.5, 0.6) is 0 Å². The monoisotopic (exact) mass is 491 g/mol. The van der Waals surface area contributed by atoms with Crippen molar-refractivity contribution in [3.05, 3.63) is 108 Å². The first-order valence-electron chi connectivity index (χ1n) is 11.1. The van der Waals surface area contributed by atoms with E-state index in [1.165, 1.54) is 0 Å². The number of aldehydes is 1. The molecule has 6 nitrogen and oxygen atoms in total. The number of ether oxygens (including phenoxy) is 1. The lowest BCUT2D eigenvalue weighted by Gasteiger charge is -2.50. The molecule has 0 radical (unpaired) electrons. The molecule has 1 unspecified atom stereocenters. The molecular weight excluding hydrogens is 462 g/mol. The predicted molar refractivity (Wildman–Crippen MR) is 138 cm³/mol. The van der Waals surface area contributed by atoms with Crippen LogP contribution in [0.15, 0.2) is 91.0 Å². The van der Waals surface area contributed by atoms with Gasteiger partial charge in [0.15, 0.2) is 6.29 Å². The van der Waals surface area contributed by atoms with Gasteiger partial charge in [0.25, 0.3) is 0 Å². The molecule has 0 bridgehead atoms. The predicted octanol–water partition coefficient (Wildman–Crippen LogP) is 5.17. The minimum Gasteiger partial charge on any atom is -0.479 e. The molecule has 182 valence electrons. The molecule has 0 aliphatic carbocycles. The SMILES string of the molecule is CC(C)(C)OC(=O)N(C(C=O)(CS)C(=O)O)C(c1ccccc1)(c1ccccc1)c1ccccc1. The van der Waals surface area contributed by atoms with E-state index in [-0.39, 0.29) is 6.29 Å². The van der Waals surface area contributed by atoms with Gasteiger partial charge in [-0.15, -0.1) is 0 Å². The van der Waals surface area contributed by atoms with Crippen molar-refractivity contribution < 1.29 is 24.2 Å². The van der Waals surface area contributed by atoms with E-state index in [2.05, 4.69) is 12.6 Å². The van der Waals surface area contributed by atoms with Gasteiger partial charge < -0.3 is 14.6 Å². The van der Waals surface area contributed by atoms with Crippen molar-refractivity contribution in [2.45, 2.75) is 37.5 Å². The van der Waals surface area contributed by atoms with Crippen molar-refractivity contribution in [2.75, 3.05) is 5.75 Å². The minimum atomic E-state index is -2.35. The van der Waals surface area contributed by atoms with Gasteiger partial charge in [-0.2, -0.15) is 12.6 Å². The van der Waals surface area contributed by atoms with Crippen LogP contribution in [0.3, 0.4) is 0 Å². The highest BCUT2D eigenvalue weighted by atomic mass is 32.1. The van der Waals surface area contributed by atoms with E-state index in [1.807, 2.05) is 18.2 Å². The van der Waals surface area contributed by atoms with Crippen molar-refractivity contribution in [1.29, 1.82) is 0 Å².